The molecule has 3 heterocycles. The van der Waals surface area contributed by atoms with Crippen LogP contribution in [0.25, 0.3) is 0 Å². The van der Waals surface area contributed by atoms with Crippen LogP contribution >= 0.6 is 23.4 Å². The second-order valence-electron chi connectivity index (χ2n) is 8.10. The van der Waals surface area contributed by atoms with Gasteiger partial charge in [0.05, 0.1) is 27.3 Å². The summed E-state index contributed by atoms with van der Waals surface area (Å²) in [5, 5.41) is 15.3. The van der Waals surface area contributed by atoms with Gasteiger partial charge in [0.1, 0.15) is 6.04 Å². The topological polar surface area (TPSA) is 98.7 Å². The van der Waals surface area contributed by atoms with E-state index >= 15 is 0 Å². The van der Waals surface area contributed by atoms with Crippen LogP contribution in [0.2, 0.25) is 5.02 Å². The first kappa shape index (κ1) is 21.5. The Bertz CT molecular complexity index is 868. The number of carbonyl (C=O) groups is 3. The minimum Gasteiger partial charge on any atom is -0.396 e. The number of amides is 3. The number of benzene rings is 1. The highest BCUT2D eigenvalue weighted by Gasteiger charge is 2.73. The minimum absolute atomic E-state index is 0.0325. The number of nitrogens with zero attached hydrogens (tertiary/aromatic N) is 1. The summed E-state index contributed by atoms with van der Waals surface area (Å²) in [4.78, 5) is 41.3. The average Bonchev–Trinajstić information content (AvgIpc) is 3.37. The molecule has 0 aromatic heterocycles. The fourth-order valence-corrected chi connectivity index (χ4v) is 7.72. The maximum Gasteiger partial charge on any atom is 0.248 e. The van der Waals surface area contributed by atoms with Crippen molar-refractivity contribution < 1.29 is 19.5 Å². The van der Waals surface area contributed by atoms with Gasteiger partial charge in [-0.1, -0.05) is 23.7 Å². The van der Waals surface area contributed by atoms with Crippen LogP contribution in [0.1, 0.15) is 25.7 Å². The number of rotatable bonds is 7. The number of hydrogen-bond donors (Lipinski definition) is 3. The summed E-state index contributed by atoms with van der Waals surface area (Å²) in [7, 11) is 1.59. The first-order valence-corrected chi connectivity index (χ1v) is 11.6. The monoisotopic (exact) mass is 451 g/mol. The zero-order chi connectivity index (χ0) is 21.5. The van der Waals surface area contributed by atoms with E-state index in [1.807, 2.05) is 0 Å². The van der Waals surface area contributed by atoms with Gasteiger partial charge in [-0.25, -0.2) is 0 Å². The number of carbonyl (C=O) groups excluding carboxylic acids is 3. The molecule has 3 aliphatic rings. The van der Waals surface area contributed by atoms with Crippen molar-refractivity contribution in [3.8, 4) is 0 Å². The Morgan fingerprint density at radius 3 is 2.77 bits per heavy atom. The number of anilines is 1. The third kappa shape index (κ3) is 3.29. The molecule has 30 heavy (non-hydrogen) atoms. The third-order valence-electron chi connectivity index (χ3n) is 6.54. The standard InChI is InChI=1S/C21H26ClN3O4S/c1-23-18(27)15-14-8-9-21(30-14)16(15)20(29)25(10-4-5-11-26)17(21)19(28)24-13-7-3-2-6-12(13)22/h2-3,6-7,14-17,26H,4-5,8-11H2,1H3,(H,23,27)(H,24,28)/t14-,15+,16+,17?,21?/m1/s1. The lowest BCUT2D eigenvalue weighted by Gasteiger charge is -2.34. The Morgan fingerprint density at radius 2 is 2.07 bits per heavy atom. The van der Waals surface area contributed by atoms with E-state index in [9.17, 15) is 14.4 Å². The summed E-state index contributed by atoms with van der Waals surface area (Å²) in [6, 6.07) is 6.34. The number of para-hydroxylation sites is 1. The number of likely N-dealkylation sites (tertiary alicyclic amines) is 1. The summed E-state index contributed by atoms with van der Waals surface area (Å²) in [5.74, 6) is -1.45. The van der Waals surface area contributed by atoms with E-state index < -0.39 is 22.6 Å². The number of hydrogen-bond acceptors (Lipinski definition) is 5. The molecule has 0 aliphatic carbocycles. The lowest BCUT2D eigenvalue weighted by molar-refractivity contribution is -0.139. The minimum atomic E-state index is -0.672. The molecule has 2 unspecified atom stereocenters. The molecule has 3 fully saturated rings. The number of nitrogens with one attached hydrogen (secondary N) is 2. The Balaban J connectivity index is 1.68. The molecule has 3 aliphatic heterocycles. The smallest absolute Gasteiger partial charge is 0.248 e. The molecule has 4 rings (SSSR count). The fourth-order valence-electron chi connectivity index (χ4n) is 5.32. The zero-order valence-electron chi connectivity index (χ0n) is 16.8. The van der Waals surface area contributed by atoms with E-state index in [4.69, 9.17) is 16.7 Å². The van der Waals surface area contributed by atoms with E-state index in [0.717, 1.165) is 12.8 Å². The van der Waals surface area contributed by atoms with Crippen molar-refractivity contribution in [1.82, 2.24) is 10.2 Å². The normalized spacial score (nSPS) is 31.7. The van der Waals surface area contributed by atoms with E-state index in [1.54, 1.807) is 48.0 Å². The molecule has 162 valence electrons. The maximum absolute atomic E-state index is 13.5. The highest BCUT2D eigenvalue weighted by molar-refractivity contribution is 8.02. The van der Waals surface area contributed by atoms with Crippen LogP contribution in [-0.4, -0.2) is 64.0 Å². The number of thioether (sulfide) groups is 1. The van der Waals surface area contributed by atoms with Gasteiger partial charge >= 0.3 is 0 Å². The molecule has 9 heteroatoms. The van der Waals surface area contributed by atoms with Crippen LogP contribution in [0.15, 0.2) is 24.3 Å². The van der Waals surface area contributed by atoms with Gasteiger partial charge in [0, 0.05) is 25.4 Å². The number of aliphatic hydroxyl groups excluding tert-OH is 1. The average molecular weight is 452 g/mol. The van der Waals surface area contributed by atoms with Crippen LogP contribution in [0.3, 0.4) is 0 Å². The number of fused-ring (bicyclic) bond motifs is 1. The van der Waals surface area contributed by atoms with Crippen molar-refractivity contribution in [3.05, 3.63) is 29.3 Å². The lowest BCUT2D eigenvalue weighted by atomic mass is 9.71. The van der Waals surface area contributed by atoms with Crippen LogP contribution in [0, 0.1) is 11.8 Å². The summed E-state index contributed by atoms with van der Waals surface area (Å²) in [5.41, 5.74) is 0.507. The molecule has 0 radical (unpaired) electrons. The molecular formula is C21H26ClN3O4S. The number of aliphatic hydroxyl groups is 1. The van der Waals surface area contributed by atoms with Crippen LogP contribution in [0.4, 0.5) is 5.69 Å². The number of unbranched alkanes of at least 4 members (excludes halogenated alkanes) is 1. The first-order chi connectivity index (χ1) is 14.4. The van der Waals surface area contributed by atoms with Gasteiger partial charge in [-0.2, -0.15) is 0 Å². The first-order valence-electron chi connectivity index (χ1n) is 10.3. The van der Waals surface area contributed by atoms with Crippen molar-refractivity contribution in [2.75, 3.05) is 25.5 Å². The van der Waals surface area contributed by atoms with Crippen molar-refractivity contribution in [1.29, 1.82) is 0 Å². The Hall–Kier alpha value is -1.77. The van der Waals surface area contributed by atoms with E-state index in [0.29, 0.717) is 30.1 Å². The molecule has 0 saturated carbocycles. The molecule has 3 saturated heterocycles. The van der Waals surface area contributed by atoms with Crippen molar-refractivity contribution in [2.24, 2.45) is 11.8 Å². The second-order valence-corrected chi connectivity index (χ2v) is 10.1. The maximum atomic E-state index is 13.5. The summed E-state index contributed by atoms with van der Waals surface area (Å²) < 4.78 is -0.608. The fraction of sp³-hybridized carbons (Fsp3) is 0.571. The summed E-state index contributed by atoms with van der Waals surface area (Å²) >= 11 is 7.87. The van der Waals surface area contributed by atoms with Gasteiger partial charge in [-0.15, -0.1) is 11.8 Å². The Kier molecular flexibility index (Phi) is 6.01. The molecule has 3 amide bonds. The van der Waals surface area contributed by atoms with E-state index in [2.05, 4.69) is 10.6 Å². The van der Waals surface area contributed by atoms with Crippen LogP contribution in [0.5, 0.6) is 0 Å². The van der Waals surface area contributed by atoms with Gasteiger partial charge < -0.3 is 20.6 Å². The summed E-state index contributed by atoms with van der Waals surface area (Å²) in [6.45, 7) is 0.411. The second kappa shape index (κ2) is 8.40. The third-order valence-corrected chi connectivity index (χ3v) is 8.82. The van der Waals surface area contributed by atoms with Crippen molar-refractivity contribution in [3.63, 3.8) is 0 Å². The van der Waals surface area contributed by atoms with Crippen LogP contribution in [-0.2, 0) is 14.4 Å². The highest BCUT2D eigenvalue weighted by atomic mass is 35.5. The van der Waals surface area contributed by atoms with Gasteiger partial charge in [0.2, 0.25) is 17.7 Å². The Labute approximate surface area is 184 Å². The lowest BCUT2D eigenvalue weighted by Crippen LogP contribution is -2.51. The van der Waals surface area contributed by atoms with Gasteiger partial charge in [-0.05, 0) is 37.8 Å². The SMILES string of the molecule is CNC(=O)[C@@H]1[C@H]2C(=O)N(CCCCO)C(C(=O)Nc3ccccc3Cl)C23CC[C@H]1S3. The quantitative estimate of drug-likeness (QED) is 0.550. The molecule has 1 spiro atoms. The number of halogens is 1. The Morgan fingerprint density at radius 1 is 1.30 bits per heavy atom. The van der Waals surface area contributed by atoms with Gasteiger partial charge in [0.25, 0.3) is 0 Å². The highest BCUT2D eigenvalue weighted by Crippen LogP contribution is 2.66. The van der Waals surface area contributed by atoms with E-state index in [1.165, 1.54) is 0 Å². The molecular weight excluding hydrogens is 426 g/mol. The summed E-state index contributed by atoms with van der Waals surface area (Å²) in [6.07, 6.45) is 2.69. The molecule has 5 atom stereocenters. The molecule has 1 aromatic carbocycles. The molecule has 3 N–H and O–H groups in total. The van der Waals surface area contributed by atoms with Crippen LogP contribution < -0.4 is 10.6 Å². The van der Waals surface area contributed by atoms with Gasteiger partial charge in [-0.3, -0.25) is 14.4 Å². The van der Waals surface area contributed by atoms with Gasteiger partial charge in [0.15, 0.2) is 0 Å². The van der Waals surface area contributed by atoms with E-state index in [-0.39, 0.29) is 29.6 Å². The molecule has 1 aromatic rings. The van der Waals surface area contributed by atoms with Crippen molar-refractivity contribution >= 4 is 46.8 Å². The largest absolute Gasteiger partial charge is 0.396 e. The zero-order valence-corrected chi connectivity index (χ0v) is 18.3. The predicted octanol–water partition coefficient (Wildman–Crippen LogP) is 1.89. The van der Waals surface area contributed by atoms with Crippen molar-refractivity contribution in [2.45, 2.75) is 41.7 Å². The molecule has 7 nitrogen and oxygen atoms in total. The predicted molar refractivity (Wildman–Crippen MR) is 116 cm³/mol. The molecule has 2 bridgehead atoms.